The molecule has 1 spiro atoms. The number of carbonyl (C=O) groups is 3. The number of carbonyl (C=O) groups excluding carboxylic acids is 3. The van der Waals surface area contributed by atoms with Gasteiger partial charge in [0.1, 0.15) is 11.6 Å². The number of likely N-dealkylation sites (tertiary alicyclic amines) is 1. The maximum Gasteiger partial charge on any atom is 0.246 e. The molecule has 3 aliphatic heterocycles. The zero-order valence-electron chi connectivity index (χ0n) is 20.6. The highest BCUT2D eigenvalue weighted by Crippen LogP contribution is 2.59. The molecular formula is C27H39N3O4. The van der Waals surface area contributed by atoms with E-state index in [1.807, 2.05) is 19.1 Å². The van der Waals surface area contributed by atoms with Crippen LogP contribution in [-0.2, 0) is 19.1 Å². The molecule has 5 aliphatic rings. The molecule has 0 radical (unpaired) electrons. The summed E-state index contributed by atoms with van der Waals surface area (Å²) in [4.78, 5) is 42.7. The molecule has 186 valence electrons. The maximum atomic E-state index is 13.8. The van der Waals surface area contributed by atoms with Gasteiger partial charge in [-0.2, -0.15) is 0 Å². The van der Waals surface area contributed by atoms with Crippen molar-refractivity contribution in [2.45, 2.75) is 101 Å². The summed E-state index contributed by atoms with van der Waals surface area (Å²) in [6.45, 7) is 8.13. The van der Waals surface area contributed by atoms with Gasteiger partial charge in [0.15, 0.2) is 0 Å². The summed E-state index contributed by atoms with van der Waals surface area (Å²) in [5, 5.41) is 6.47. The van der Waals surface area contributed by atoms with Gasteiger partial charge in [0.05, 0.1) is 17.4 Å². The molecule has 0 aromatic rings. The van der Waals surface area contributed by atoms with Gasteiger partial charge in [0, 0.05) is 18.6 Å². The van der Waals surface area contributed by atoms with Crippen molar-refractivity contribution in [1.29, 1.82) is 0 Å². The normalized spacial score (nSPS) is 41.4. The van der Waals surface area contributed by atoms with E-state index in [4.69, 9.17) is 4.74 Å². The van der Waals surface area contributed by atoms with Gasteiger partial charge in [-0.05, 0) is 38.5 Å². The molecule has 5 rings (SSSR count). The highest BCUT2D eigenvalue weighted by molar-refractivity contribution is 6.00. The molecule has 2 saturated heterocycles. The molecule has 7 atom stereocenters. The quantitative estimate of drug-likeness (QED) is 0.586. The van der Waals surface area contributed by atoms with Gasteiger partial charge in [-0.25, -0.2) is 0 Å². The molecule has 7 nitrogen and oxygen atoms in total. The van der Waals surface area contributed by atoms with Crippen LogP contribution in [0.5, 0.6) is 0 Å². The van der Waals surface area contributed by atoms with Crippen LogP contribution in [0.2, 0.25) is 0 Å². The second-order valence-electron chi connectivity index (χ2n) is 11.3. The monoisotopic (exact) mass is 469 g/mol. The molecular weight excluding hydrogens is 430 g/mol. The Morgan fingerprint density at radius 1 is 1.09 bits per heavy atom. The molecule has 0 aromatic heterocycles. The Labute approximate surface area is 202 Å². The summed E-state index contributed by atoms with van der Waals surface area (Å²) in [6, 6.07) is -0.549. The summed E-state index contributed by atoms with van der Waals surface area (Å²) in [6.07, 6.45) is 15.1. The summed E-state index contributed by atoms with van der Waals surface area (Å²) in [7, 11) is 0. The Balaban J connectivity index is 1.43. The van der Waals surface area contributed by atoms with Crippen LogP contribution in [0.1, 0.15) is 71.6 Å². The Kier molecular flexibility index (Phi) is 6.11. The minimum absolute atomic E-state index is 0.120. The Morgan fingerprint density at radius 3 is 2.50 bits per heavy atom. The lowest BCUT2D eigenvalue weighted by molar-refractivity contribution is -0.145. The smallest absolute Gasteiger partial charge is 0.246 e. The third-order valence-electron chi connectivity index (χ3n) is 9.04. The van der Waals surface area contributed by atoms with E-state index in [1.54, 1.807) is 11.0 Å². The van der Waals surface area contributed by atoms with Crippen molar-refractivity contribution in [3.05, 3.63) is 24.8 Å². The predicted octanol–water partition coefficient (Wildman–Crippen LogP) is 2.86. The average molecular weight is 470 g/mol. The van der Waals surface area contributed by atoms with E-state index in [9.17, 15) is 14.4 Å². The van der Waals surface area contributed by atoms with Crippen LogP contribution < -0.4 is 10.6 Å². The standard InChI is InChI=1S/C27H39N3O4/c1-4-16-30-22(24(32)28-18-11-6-5-7-12-18)27-15-14-26(3,34-27)20(21(27)25(30)33)23(31)29-19-13-9-8-10-17(19)2/h4,14-15,17-22H,1,5-13,16H2,2-3H3,(H,28,32)(H,29,31)/t17-,19+,20+,21-,22+,26+,27-/m0/s1. The Bertz CT molecular complexity index is 896. The zero-order chi connectivity index (χ0) is 24.1. The van der Waals surface area contributed by atoms with Crippen molar-refractivity contribution in [2.75, 3.05) is 6.54 Å². The largest absolute Gasteiger partial charge is 0.356 e. The molecule has 7 heteroatoms. The first-order chi connectivity index (χ1) is 16.3. The van der Waals surface area contributed by atoms with Crippen molar-refractivity contribution < 1.29 is 19.1 Å². The van der Waals surface area contributed by atoms with Crippen molar-refractivity contribution in [3.8, 4) is 0 Å². The van der Waals surface area contributed by atoms with E-state index in [-0.39, 0.29) is 36.3 Å². The summed E-state index contributed by atoms with van der Waals surface area (Å²) in [5.41, 5.74) is -2.01. The van der Waals surface area contributed by atoms with E-state index >= 15 is 0 Å². The SMILES string of the molecule is C=CCN1C(=O)[C@@H]2[C@H](C(=O)N[C@@H]3CCCC[C@@H]3C)[C@@]3(C)C=C[C@@]2(O3)[C@H]1C(=O)NC1CCCCC1. The van der Waals surface area contributed by atoms with Gasteiger partial charge in [0.25, 0.3) is 0 Å². The van der Waals surface area contributed by atoms with Gasteiger partial charge in [-0.1, -0.05) is 57.3 Å². The van der Waals surface area contributed by atoms with Crippen LogP contribution in [0.15, 0.2) is 24.8 Å². The number of ether oxygens (including phenoxy) is 1. The minimum atomic E-state index is -1.12. The molecule has 3 amide bonds. The van der Waals surface area contributed by atoms with E-state index in [0.717, 1.165) is 44.9 Å². The number of nitrogens with one attached hydrogen (secondary N) is 2. The minimum Gasteiger partial charge on any atom is -0.356 e. The fourth-order valence-corrected chi connectivity index (χ4v) is 7.30. The van der Waals surface area contributed by atoms with Crippen molar-refractivity contribution in [1.82, 2.24) is 15.5 Å². The number of hydrogen-bond donors (Lipinski definition) is 2. The van der Waals surface area contributed by atoms with Crippen LogP contribution in [0.4, 0.5) is 0 Å². The number of nitrogens with zero attached hydrogens (tertiary/aromatic N) is 1. The van der Waals surface area contributed by atoms with Crippen molar-refractivity contribution in [3.63, 3.8) is 0 Å². The lowest BCUT2D eigenvalue weighted by Crippen LogP contribution is -2.56. The van der Waals surface area contributed by atoms with Gasteiger partial charge in [-0.15, -0.1) is 6.58 Å². The van der Waals surface area contributed by atoms with E-state index in [1.165, 1.54) is 12.8 Å². The summed E-state index contributed by atoms with van der Waals surface area (Å²) in [5.74, 6) is -1.44. The highest BCUT2D eigenvalue weighted by atomic mass is 16.5. The van der Waals surface area contributed by atoms with Crippen LogP contribution in [0.25, 0.3) is 0 Å². The van der Waals surface area contributed by atoms with Crippen LogP contribution in [-0.4, -0.2) is 58.5 Å². The summed E-state index contributed by atoms with van der Waals surface area (Å²) >= 11 is 0. The number of amides is 3. The Morgan fingerprint density at radius 2 is 1.79 bits per heavy atom. The molecule has 2 aliphatic carbocycles. The zero-order valence-corrected chi connectivity index (χ0v) is 20.6. The molecule has 2 N–H and O–H groups in total. The van der Waals surface area contributed by atoms with Gasteiger partial charge in [-0.3, -0.25) is 14.4 Å². The van der Waals surface area contributed by atoms with Crippen molar-refractivity contribution >= 4 is 17.7 Å². The number of hydrogen-bond acceptors (Lipinski definition) is 4. The fraction of sp³-hybridized carbons (Fsp3) is 0.741. The van der Waals surface area contributed by atoms with Gasteiger partial charge < -0.3 is 20.3 Å². The van der Waals surface area contributed by atoms with Crippen LogP contribution in [0.3, 0.4) is 0 Å². The van der Waals surface area contributed by atoms with Crippen LogP contribution in [0, 0.1) is 17.8 Å². The third kappa shape index (κ3) is 3.62. The third-order valence-corrected chi connectivity index (χ3v) is 9.04. The average Bonchev–Trinajstić information content (AvgIpc) is 3.37. The van der Waals surface area contributed by atoms with Gasteiger partial charge in [0.2, 0.25) is 17.7 Å². The second-order valence-corrected chi connectivity index (χ2v) is 11.3. The van der Waals surface area contributed by atoms with Crippen LogP contribution >= 0.6 is 0 Å². The molecule has 34 heavy (non-hydrogen) atoms. The highest BCUT2D eigenvalue weighted by Gasteiger charge is 2.76. The molecule has 3 heterocycles. The lowest BCUT2D eigenvalue weighted by atomic mass is 9.70. The topological polar surface area (TPSA) is 87.7 Å². The first-order valence-electron chi connectivity index (χ1n) is 13.2. The lowest BCUT2D eigenvalue weighted by Gasteiger charge is -2.34. The molecule has 2 saturated carbocycles. The fourth-order valence-electron chi connectivity index (χ4n) is 7.30. The van der Waals surface area contributed by atoms with Gasteiger partial charge >= 0.3 is 0 Å². The number of rotatable bonds is 6. The van der Waals surface area contributed by atoms with Crippen molar-refractivity contribution in [2.24, 2.45) is 17.8 Å². The Hall–Kier alpha value is -2.15. The molecule has 2 bridgehead atoms. The predicted molar refractivity (Wildman–Crippen MR) is 129 cm³/mol. The molecule has 0 aromatic carbocycles. The van der Waals surface area contributed by atoms with E-state index in [0.29, 0.717) is 5.92 Å². The second kappa shape index (κ2) is 8.81. The first-order valence-corrected chi connectivity index (χ1v) is 13.2. The molecule has 4 fully saturated rings. The number of fused-ring (bicyclic) bond motifs is 1. The molecule has 0 unspecified atom stereocenters. The summed E-state index contributed by atoms with van der Waals surface area (Å²) < 4.78 is 6.56. The maximum absolute atomic E-state index is 13.8. The van der Waals surface area contributed by atoms with E-state index in [2.05, 4.69) is 24.1 Å². The first kappa shape index (κ1) is 23.6. The van der Waals surface area contributed by atoms with E-state index < -0.39 is 29.1 Å².